The van der Waals surface area contributed by atoms with Crippen molar-refractivity contribution in [2.75, 3.05) is 18.4 Å². The van der Waals surface area contributed by atoms with E-state index in [0.29, 0.717) is 6.54 Å². The summed E-state index contributed by atoms with van der Waals surface area (Å²) < 4.78 is 0. The number of carbonyl (C=O) groups excluding carboxylic acids is 1. The molecule has 4 heterocycles. The van der Waals surface area contributed by atoms with E-state index >= 15 is 0 Å². The summed E-state index contributed by atoms with van der Waals surface area (Å²) in [4.78, 5) is 25.5. The van der Waals surface area contributed by atoms with E-state index in [4.69, 9.17) is 9.97 Å². The molecule has 2 aliphatic heterocycles. The number of anilines is 1. The summed E-state index contributed by atoms with van der Waals surface area (Å²) in [7, 11) is 0. The number of hydrogen-bond acceptors (Lipinski definition) is 4. The van der Waals surface area contributed by atoms with Crippen LogP contribution in [0.1, 0.15) is 40.5 Å². The van der Waals surface area contributed by atoms with Gasteiger partial charge in [0.2, 0.25) is 0 Å². The van der Waals surface area contributed by atoms with Crippen molar-refractivity contribution in [1.82, 2.24) is 20.3 Å². The summed E-state index contributed by atoms with van der Waals surface area (Å²) in [5.41, 5.74) is 6.23. The van der Waals surface area contributed by atoms with Crippen molar-refractivity contribution < 1.29 is 4.79 Å². The second-order valence-corrected chi connectivity index (χ2v) is 7.17. The molecule has 0 unspecified atom stereocenters. The summed E-state index contributed by atoms with van der Waals surface area (Å²) in [5.74, 6) is 1.06. The first-order chi connectivity index (χ1) is 13.2. The summed E-state index contributed by atoms with van der Waals surface area (Å²) in [6.07, 6.45) is 6.22. The average Bonchev–Trinajstić information content (AvgIpc) is 3.11. The van der Waals surface area contributed by atoms with Gasteiger partial charge in [-0.1, -0.05) is 24.3 Å². The Morgan fingerprint density at radius 1 is 1.11 bits per heavy atom. The molecule has 0 saturated heterocycles. The fourth-order valence-electron chi connectivity index (χ4n) is 3.94. The molecule has 4 bridgehead atoms. The zero-order valence-electron chi connectivity index (χ0n) is 15.2. The molecule has 3 N–H and O–H groups in total. The average molecular weight is 359 g/mol. The van der Waals surface area contributed by atoms with Gasteiger partial charge in [-0.15, -0.1) is 0 Å². The lowest BCUT2D eigenvalue weighted by molar-refractivity contribution is 0.0940. The lowest BCUT2D eigenvalue weighted by atomic mass is 9.94. The van der Waals surface area contributed by atoms with Crippen LogP contribution in [0.5, 0.6) is 0 Å². The Morgan fingerprint density at radius 3 is 2.96 bits per heavy atom. The maximum absolute atomic E-state index is 12.4. The number of aromatic amines is 1. The molecule has 0 fully saturated rings. The molecule has 6 heteroatoms. The van der Waals surface area contributed by atoms with E-state index < -0.39 is 0 Å². The Morgan fingerprint density at radius 2 is 2.04 bits per heavy atom. The number of aryl methyl sites for hydroxylation is 1. The Labute approximate surface area is 157 Å². The first-order valence-corrected chi connectivity index (χ1v) is 9.38. The number of H-pyrrole nitrogens is 1. The van der Waals surface area contributed by atoms with Gasteiger partial charge in [0.05, 0.1) is 16.8 Å². The minimum atomic E-state index is -0.0124. The molecule has 1 aromatic carbocycles. The molecule has 0 saturated carbocycles. The summed E-state index contributed by atoms with van der Waals surface area (Å²) in [5, 5.41) is 6.42. The highest BCUT2D eigenvalue weighted by Crippen LogP contribution is 2.34. The van der Waals surface area contributed by atoms with Gasteiger partial charge in [-0.3, -0.25) is 4.79 Å². The van der Waals surface area contributed by atoms with Crippen LogP contribution in [-0.2, 0) is 0 Å². The Bertz CT molecular complexity index is 1080. The van der Waals surface area contributed by atoms with Crippen molar-refractivity contribution >= 4 is 22.8 Å². The molecule has 3 aromatic rings. The third kappa shape index (κ3) is 2.68. The fraction of sp³-hybridized carbons (Fsp3) is 0.286. The Hall–Kier alpha value is -3.15. The van der Waals surface area contributed by atoms with Gasteiger partial charge in [0.15, 0.2) is 0 Å². The van der Waals surface area contributed by atoms with Gasteiger partial charge in [-0.2, -0.15) is 0 Å². The van der Waals surface area contributed by atoms with Crippen LogP contribution in [0.4, 0.5) is 5.82 Å². The molecule has 5 rings (SSSR count). The van der Waals surface area contributed by atoms with E-state index in [1.165, 1.54) is 0 Å². The summed E-state index contributed by atoms with van der Waals surface area (Å²) in [6, 6.07) is 7.95. The fourth-order valence-corrected chi connectivity index (χ4v) is 3.94. The van der Waals surface area contributed by atoms with E-state index in [2.05, 4.69) is 27.8 Å². The first-order valence-electron chi connectivity index (χ1n) is 9.38. The van der Waals surface area contributed by atoms with Gasteiger partial charge < -0.3 is 15.6 Å². The predicted octanol–water partition coefficient (Wildman–Crippen LogP) is 3.52. The molecule has 1 amide bonds. The molecular weight excluding hydrogens is 338 g/mol. The number of carbonyl (C=O) groups is 1. The number of hydrogen-bond donors (Lipinski definition) is 3. The number of fused-ring (bicyclic) bond motifs is 3. The lowest BCUT2D eigenvalue weighted by Crippen LogP contribution is -2.34. The Balaban J connectivity index is 1.76. The highest BCUT2D eigenvalue weighted by atomic mass is 16.1. The topological polar surface area (TPSA) is 82.7 Å². The number of allylic oxidation sites excluding steroid dienone is 1. The SMILES string of the molecule is Cc1nc2cccc3c2nc1NCC/C=C\C[C@@H]1CNC(=O)c2cc-3[nH]c21. The summed E-state index contributed by atoms with van der Waals surface area (Å²) in [6.45, 7) is 3.45. The third-order valence-electron chi connectivity index (χ3n) is 5.36. The van der Waals surface area contributed by atoms with Crippen LogP contribution in [0.2, 0.25) is 0 Å². The predicted molar refractivity (Wildman–Crippen MR) is 106 cm³/mol. The zero-order chi connectivity index (χ0) is 18.4. The Kier molecular flexibility index (Phi) is 3.70. The van der Waals surface area contributed by atoms with Gasteiger partial charge in [0, 0.05) is 36.0 Å². The van der Waals surface area contributed by atoms with Crippen LogP contribution in [-0.4, -0.2) is 33.9 Å². The van der Waals surface area contributed by atoms with Gasteiger partial charge in [-0.05, 0) is 31.9 Å². The van der Waals surface area contributed by atoms with Crippen molar-refractivity contribution in [1.29, 1.82) is 0 Å². The quantitative estimate of drug-likeness (QED) is 0.536. The molecule has 6 nitrogen and oxygen atoms in total. The molecule has 136 valence electrons. The number of aromatic nitrogens is 3. The number of nitrogens with one attached hydrogen (secondary N) is 3. The number of para-hydroxylation sites is 1. The molecule has 0 spiro atoms. The molecule has 2 aromatic heterocycles. The molecule has 0 radical (unpaired) electrons. The molecular formula is C21H21N5O. The largest absolute Gasteiger partial charge is 0.368 e. The molecule has 2 aliphatic rings. The van der Waals surface area contributed by atoms with Gasteiger partial charge in [0.25, 0.3) is 5.91 Å². The van der Waals surface area contributed by atoms with Crippen molar-refractivity contribution in [2.45, 2.75) is 25.7 Å². The van der Waals surface area contributed by atoms with Gasteiger partial charge >= 0.3 is 0 Å². The smallest absolute Gasteiger partial charge is 0.253 e. The lowest BCUT2D eigenvalue weighted by Gasteiger charge is -2.21. The van der Waals surface area contributed by atoms with E-state index in [1.807, 2.05) is 31.2 Å². The van der Waals surface area contributed by atoms with Crippen LogP contribution < -0.4 is 10.6 Å². The maximum atomic E-state index is 12.4. The zero-order valence-corrected chi connectivity index (χ0v) is 15.2. The second kappa shape index (κ2) is 6.23. The van der Waals surface area contributed by atoms with Crippen molar-refractivity contribution in [2.24, 2.45) is 0 Å². The van der Waals surface area contributed by atoms with Crippen LogP contribution in [0.3, 0.4) is 0 Å². The number of rotatable bonds is 0. The standard InChI is InChI=1S/C21H21N5O/c1-12-20-22-9-4-2-3-6-13-11-23-21(27)15-10-17(25-18(13)15)14-7-5-8-16(24-12)19(14)26-20/h2-3,5,7-8,10,13,25H,4,6,9,11H2,1H3,(H,22,26)(H,23,27)/b3-2-/t13-/m1/s1. The minimum Gasteiger partial charge on any atom is -0.368 e. The van der Waals surface area contributed by atoms with Crippen LogP contribution in [0.25, 0.3) is 22.3 Å². The number of benzene rings is 1. The monoisotopic (exact) mass is 359 g/mol. The van der Waals surface area contributed by atoms with E-state index in [1.54, 1.807) is 0 Å². The van der Waals surface area contributed by atoms with Crippen molar-refractivity contribution in [3.63, 3.8) is 0 Å². The minimum absolute atomic E-state index is 0.0124. The molecule has 27 heavy (non-hydrogen) atoms. The van der Waals surface area contributed by atoms with E-state index in [-0.39, 0.29) is 11.8 Å². The number of nitrogens with zero attached hydrogens (tertiary/aromatic N) is 2. The molecule has 0 aliphatic carbocycles. The van der Waals surface area contributed by atoms with Gasteiger partial charge in [0.1, 0.15) is 11.3 Å². The van der Waals surface area contributed by atoms with E-state index in [0.717, 1.165) is 64.4 Å². The highest BCUT2D eigenvalue weighted by molar-refractivity contribution is 6.00. The van der Waals surface area contributed by atoms with Gasteiger partial charge in [-0.25, -0.2) is 9.97 Å². The first kappa shape index (κ1) is 16.1. The maximum Gasteiger partial charge on any atom is 0.253 e. The van der Waals surface area contributed by atoms with Crippen molar-refractivity contribution in [3.05, 3.63) is 53.4 Å². The van der Waals surface area contributed by atoms with Crippen molar-refractivity contribution in [3.8, 4) is 11.3 Å². The van der Waals surface area contributed by atoms with E-state index in [9.17, 15) is 4.79 Å². The highest BCUT2D eigenvalue weighted by Gasteiger charge is 2.28. The third-order valence-corrected chi connectivity index (χ3v) is 5.36. The molecule has 1 atom stereocenters. The normalized spacial score (nSPS) is 20.0. The van der Waals surface area contributed by atoms with Crippen LogP contribution in [0.15, 0.2) is 36.4 Å². The van der Waals surface area contributed by atoms with Crippen LogP contribution >= 0.6 is 0 Å². The van der Waals surface area contributed by atoms with Crippen LogP contribution in [0, 0.1) is 6.92 Å². The second-order valence-electron chi connectivity index (χ2n) is 7.17. The summed E-state index contributed by atoms with van der Waals surface area (Å²) >= 11 is 0. The number of amides is 1.